The number of halogens is 4. The average Bonchev–Trinajstić information content (AvgIpc) is 3.01. The van der Waals surface area contributed by atoms with E-state index in [-0.39, 0.29) is 25.5 Å². The van der Waals surface area contributed by atoms with E-state index in [2.05, 4.69) is 0 Å². The van der Waals surface area contributed by atoms with Gasteiger partial charge in [-0.3, -0.25) is 4.79 Å². The van der Waals surface area contributed by atoms with Crippen molar-refractivity contribution >= 4 is 18.2 Å². The van der Waals surface area contributed by atoms with E-state index in [1.807, 2.05) is 0 Å². The number of carboxylic acid groups (broad SMARTS) is 1. The van der Waals surface area contributed by atoms with E-state index in [1.165, 1.54) is 4.57 Å². The summed E-state index contributed by atoms with van der Waals surface area (Å²) in [7, 11) is 1.60. The fourth-order valence-corrected chi connectivity index (χ4v) is 3.50. The molecule has 24 heavy (non-hydrogen) atoms. The third-order valence-corrected chi connectivity index (χ3v) is 4.79. The molecule has 2 heterocycles. The van der Waals surface area contributed by atoms with Gasteiger partial charge < -0.3 is 14.2 Å². The van der Waals surface area contributed by atoms with Gasteiger partial charge in [-0.1, -0.05) is 0 Å². The second kappa shape index (κ2) is 5.73. The Morgan fingerprint density at radius 2 is 1.88 bits per heavy atom. The number of aromatic nitrogens is 2. The van der Waals surface area contributed by atoms with Crippen LogP contribution in [0.3, 0.4) is 0 Å². The Labute approximate surface area is 138 Å². The minimum absolute atomic E-state index is 0.0261. The molecular weight excluding hydrogens is 348 g/mol. The van der Waals surface area contributed by atoms with Crippen molar-refractivity contribution in [3.63, 3.8) is 0 Å². The van der Waals surface area contributed by atoms with E-state index in [9.17, 15) is 22.4 Å². The number of hydrogen-bond donors (Lipinski definition) is 1. The number of carboxylic acids is 1. The molecule has 4 nitrogen and oxygen atoms in total. The summed E-state index contributed by atoms with van der Waals surface area (Å²) >= 11 is 5.21. The highest BCUT2D eigenvalue weighted by Gasteiger charge is 2.34. The Hall–Kier alpha value is -2.16. The van der Waals surface area contributed by atoms with Gasteiger partial charge in [0.05, 0.1) is 12.1 Å². The van der Waals surface area contributed by atoms with Crippen molar-refractivity contribution < 1.29 is 27.5 Å². The quantitative estimate of drug-likeness (QED) is 0.520. The molecular formula is C15H12F4N2O2S. The van der Waals surface area contributed by atoms with Gasteiger partial charge in [0.1, 0.15) is 0 Å². The van der Waals surface area contributed by atoms with Gasteiger partial charge in [0.2, 0.25) is 0 Å². The van der Waals surface area contributed by atoms with Crippen LogP contribution in [0, 0.1) is 28.0 Å². The maximum absolute atomic E-state index is 14.0. The first kappa shape index (κ1) is 16.7. The molecule has 0 aliphatic carbocycles. The Morgan fingerprint density at radius 3 is 2.42 bits per heavy atom. The van der Waals surface area contributed by atoms with Crippen LogP contribution in [0.4, 0.5) is 17.6 Å². The highest BCUT2D eigenvalue weighted by molar-refractivity contribution is 7.71. The summed E-state index contributed by atoms with van der Waals surface area (Å²) in [6.45, 7) is 0.0261. The Balaban J connectivity index is 2.08. The van der Waals surface area contributed by atoms with Crippen molar-refractivity contribution in [3.8, 4) is 0 Å². The Morgan fingerprint density at radius 1 is 1.29 bits per heavy atom. The predicted octanol–water partition coefficient (Wildman–Crippen LogP) is 3.08. The van der Waals surface area contributed by atoms with Crippen molar-refractivity contribution in [3.05, 3.63) is 51.1 Å². The van der Waals surface area contributed by atoms with Crippen LogP contribution in [-0.4, -0.2) is 20.2 Å². The zero-order chi connectivity index (χ0) is 17.8. The van der Waals surface area contributed by atoms with E-state index in [0.29, 0.717) is 16.2 Å². The van der Waals surface area contributed by atoms with Gasteiger partial charge >= 0.3 is 5.97 Å². The fraction of sp³-hybridized carbons (Fsp3) is 0.333. The second-order valence-electron chi connectivity index (χ2n) is 5.70. The van der Waals surface area contributed by atoms with Crippen molar-refractivity contribution in [1.82, 2.24) is 9.13 Å². The molecule has 0 bridgehead atoms. The van der Waals surface area contributed by atoms with Crippen molar-refractivity contribution in [2.24, 2.45) is 7.05 Å². The number of hydrogen-bond acceptors (Lipinski definition) is 2. The maximum atomic E-state index is 14.0. The molecule has 1 aromatic carbocycles. The van der Waals surface area contributed by atoms with Crippen LogP contribution >= 0.6 is 12.2 Å². The third kappa shape index (κ3) is 2.43. The topological polar surface area (TPSA) is 47.2 Å². The Bertz CT molecular complexity index is 893. The second-order valence-corrected chi connectivity index (χ2v) is 6.06. The fourth-order valence-electron chi connectivity index (χ4n) is 3.20. The van der Waals surface area contributed by atoms with Crippen LogP contribution in [-0.2, 0) is 31.2 Å². The Kier molecular flexibility index (Phi) is 3.98. The lowest BCUT2D eigenvalue weighted by Crippen LogP contribution is -2.12. The smallest absolute Gasteiger partial charge is 0.309 e. The summed E-state index contributed by atoms with van der Waals surface area (Å²) in [5.41, 5.74) is 0.251. The molecule has 1 aromatic heterocycles. The summed E-state index contributed by atoms with van der Waals surface area (Å²) in [5.74, 6) is -7.72. The van der Waals surface area contributed by atoms with Crippen LogP contribution < -0.4 is 0 Å². The van der Waals surface area contributed by atoms with Gasteiger partial charge in [-0.15, -0.1) is 0 Å². The summed E-state index contributed by atoms with van der Waals surface area (Å²) < 4.78 is 58.2. The summed E-state index contributed by atoms with van der Waals surface area (Å²) in [5, 5.41) is 9.00. The molecule has 1 aliphatic heterocycles. The highest BCUT2D eigenvalue weighted by Crippen LogP contribution is 2.36. The van der Waals surface area contributed by atoms with E-state index >= 15 is 0 Å². The van der Waals surface area contributed by atoms with Crippen molar-refractivity contribution in [2.45, 2.75) is 25.3 Å². The molecule has 0 spiro atoms. The average molecular weight is 360 g/mol. The van der Waals surface area contributed by atoms with Gasteiger partial charge in [0.15, 0.2) is 28.0 Å². The SMILES string of the molecule is Cn1c(CC(=O)O)c2n(c1=S)CC(c1c(F)c(F)cc(F)c1F)C2. The van der Waals surface area contributed by atoms with Crippen LogP contribution in [0.2, 0.25) is 0 Å². The zero-order valence-electron chi connectivity index (χ0n) is 12.4. The van der Waals surface area contributed by atoms with Crippen molar-refractivity contribution in [1.29, 1.82) is 0 Å². The molecule has 0 radical (unpaired) electrons. The van der Waals surface area contributed by atoms with Crippen LogP contribution in [0.1, 0.15) is 22.9 Å². The van der Waals surface area contributed by atoms with E-state index < -0.39 is 40.7 Å². The van der Waals surface area contributed by atoms with Gasteiger partial charge in [-0.2, -0.15) is 0 Å². The van der Waals surface area contributed by atoms with E-state index in [0.717, 1.165) is 0 Å². The molecule has 9 heteroatoms. The van der Waals surface area contributed by atoms with Crippen LogP contribution in [0.25, 0.3) is 0 Å². The van der Waals surface area contributed by atoms with Crippen LogP contribution in [0.5, 0.6) is 0 Å². The molecule has 0 amide bonds. The number of carbonyl (C=O) groups is 1. The molecule has 0 saturated heterocycles. The lowest BCUT2D eigenvalue weighted by atomic mass is 9.94. The maximum Gasteiger partial charge on any atom is 0.309 e. The van der Waals surface area contributed by atoms with Gasteiger partial charge in [0, 0.05) is 36.8 Å². The van der Waals surface area contributed by atoms with Gasteiger partial charge in [-0.25, -0.2) is 17.6 Å². The molecule has 0 fully saturated rings. The largest absolute Gasteiger partial charge is 0.481 e. The first-order chi connectivity index (χ1) is 11.2. The number of fused-ring (bicyclic) bond motifs is 1. The van der Waals surface area contributed by atoms with E-state index in [1.54, 1.807) is 11.6 Å². The molecule has 1 atom stereocenters. The van der Waals surface area contributed by atoms with E-state index in [4.69, 9.17) is 17.3 Å². The number of aliphatic carboxylic acids is 1. The zero-order valence-corrected chi connectivity index (χ0v) is 13.3. The number of benzene rings is 1. The first-order valence-electron chi connectivity index (χ1n) is 7.04. The highest BCUT2D eigenvalue weighted by atomic mass is 32.1. The predicted molar refractivity (Wildman–Crippen MR) is 78.3 cm³/mol. The minimum atomic E-state index is -1.46. The molecule has 0 saturated carbocycles. The number of nitrogens with zero attached hydrogens (tertiary/aromatic N) is 2. The summed E-state index contributed by atoms with van der Waals surface area (Å²) in [4.78, 5) is 11.0. The molecule has 3 rings (SSSR count). The molecule has 1 unspecified atom stereocenters. The summed E-state index contributed by atoms with van der Waals surface area (Å²) in [6.07, 6.45) is -0.262. The first-order valence-corrected chi connectivity index (χ1v) is 7.45. The minimum Gasteiger partial charge on any atom is -0.481 e. The number of rotatable bonds is 3. The van der Waals surface area contributed by atoms with Gasteiger partial charge in [-0.05, 0) is 18.6 Å². The van der Waals surface area contributed by atoms with Crippen LogP contribution in [0.15, 0.2) is 6.07 Å². The van der Waals surface area contributed by atoms with Crippen molar-refractivity contribution in [2.75, 3.05) is 0 Å². The third-order valence-electron chi connectivity index (χ3n) is 4.30. The molecule has 1 aliphatic rings. The normalized spacial score (nSPS) is 16.5. The monoisotopic (exact) mass is 360 g/mol. The number of imidazole rings is 1. The van der Waals surface area contributed by atoms with Gasteiger partial charge in [0.25, 0.3) is 0 Å². The standard InChI is InChI=1S/C15H12F4N2O2S/c1-20-9(4-11(22)23)10-2-6(5-21(10)15(20)24)12-13(18)7(16)3-8(17)14(12)19/h3,6H,2,4-5H2,1H3,(H,22,23). The molecule has 1 N–H and O–H groups in total. The summed E-state index contributed by atoms with van der Waals surface area (Å²) in [6, 6.07) is 0.164. The molecule has 128 valence electrons. The lowest BCUT2D eigenvalue weighted by Gasteiger charge is -2.14. The molecule has 2 aromatic rings. The lowest BCUT2D eigenvalue weighted by molar-refractivity contribution is -0.136.